The van der Waals surface area contributed by atoms with Crippen LogP contribution < -0.4 is 0 Å². The fourth-order valence-corrected chi connectivity index (χ4v) is 2.27. The van der Waals surface area contributed by atoms with E-state index in [9.17, 15) is 0 Å². The molecule has 2 unspecified atom stereocenters. The first-order valence-corrected chi connectivity index (χ1v) is 5.33. The maximum atomic E-state index is 2.40. The van der Waals surface area contributed by atoms with Gasteiger partial charge in [0, 0.05) is 0 Å². The summed E-state index contributed by atoms with van der Waals surface area (Å²) in [6, 6.07) is 0. The molecule has 0 heteroatoms. The highest BCUT2D eigenvalue weighted by molar-refractivity contribution is 4.72. The molecule has 0 spiro atoms. The summed E-state index contributed by atoms with van der Waals surface area (Å²) in [5.41, 5.74) is 0. The molecule has 1 aliphatic carbocycles. The SMILES string of the molecule is CCCCCC1CCC(C)C1. The van der Waals surface area contributed by atoms with E-state index in [4.69, 9.17) is 0 Å². The molecule has 0 heterocycles. The van der Waals surface area contributed by atoms with Crippen LogP contribution in [0.5, 0.6) is 0 Å². The van der Waals surface area contributed by atoms with E-state index in [1.807, 2.05) is 0 Å². The third-order valence-electron chi connectivity index (χ3n) is 3.02. The lowest BCUT2D eigenvalue weighted by molar-refractivity contribution is 0.454. The summed E-state index contributed by atoms with van der Waals surface area (Å²) in [5.74, 6) is 2.12. The lowest BCUT2D eigenvalue weighted by Crippen LogP contribution is -1.93. The van der Waals surface area contributed by atoms with Gasteiger partial charge in [0.2, 0.25) is 0 Å². The highest BCUT2D eigenvalue weighted by Gasteiger charge is 2.20. The smallest absolute Gasteiger partial charge is 0.0412 e. The molecule has 0 radical (unpaired) electrons. The monoisotopic (exact) mass is 154 g/mol. The molecule has 0 amide bonds. The van der Waals surface area contributed by atoms with Gasteiger partial charge in [-0.2, -0.15) is 0 Å². The van der Waals surface area contributed by atoms with E-state index in [1.54, 1.807) is 0 Å². The summed E-state index contributed by atoms with van der Waals surface area (Å²) in [4.78, 5) is 0. The van der Waals surface area contributed by atoms with Crippen LogP contribution in [-0.2, 0) is 0 Å². The van der Waals surface area contributed by atoms with E-state index in [0.29, 0.717) is 0 Å². The van der Waals surface area contributed by atoms with E-state index < -0.39 is 0 Å². The molecular weight excluding hydrogens is 132 g/mol. The van der Waals surface area contributed by atoms with Gasteiger partial charge in [0.15, 0.2) is 0 Å². The molecule has 1 saturated carbocycles. The first-order chi connectivity index (χ1) is 5.33. The van der Waals surface area contributed by atoms with Crippen LogP contribution in [0.1, 0.15) is 58.8 Å². The first kappa shape index (κ1) is 9.09. The highest BCUT2D eigenvalue weighted by Crippen LogP contribution is 2.33. The normalized spacial score (nSPS) is 31.1. The zero-order chi connectivity index (χ0) is 8.10. The van der Waals surface area contributed by atoms with Crippen LogP contribution in [-0.4, -0.2) is 0 Å². The van der Waals surface area contributed by atoms with Crippen LogP contribution in [0.2, 0.25) is 0 Å². The Balaban J connectivity index is 1.99. The summed E-state index contributed by atoms with van der Waals surface area (Å²) in [7, 11) is 0. The standard InChI is InChI=1S/C11H22/c1-3-4-5-6-11-8-7-10(2)9-11/h10-11H,3-9H2,1-2H3. The quantitative estimate of drug-likeness (QED) is 0.537. The molecule has 0 aromatic carbocycles. The molecule has 1 rings (SSSR count). The summed E-state index contributed by atoms with van der Waals surface area (Å²) < 4.78 is 0. The maximum Gasteiger partial charge on any atom is -0.0412 e. The minimum absolute atomic E-state index is 1.03. The van der Waals surface area contributed by atoms with E-state index in [-0.39, 0.29) is 0 Å². The Hall–Kier alpha value is 0. The number of rotatable bonds is 4. The number of unbranched alkanes of at least 4 members (excludes halogenated alkanes) is 2. The first-order valence-electron chi connectivity index (χ1n) is 5.33. The summed E-state index contributed by atoms with van der Waals surface area (Å²) in [5, 5.41) is 0. The second kappa shape index (κ2) is 4.79. The van der Waals surface area contributed by atoms with Crippen molar-refractivity contribution < 1.29 is 0 Å². The van der Waals surface area contributed by atoms with Gasteiger partial charge in [0.25, 0.3) is 0 Å². The van der Waals surface area contributed by atoms with Crippen molar-refractivity contribution in [2.24, 2.45) is 11.8 Å². The summed E-state index contributed by atoms with van der Waals surface area (Å²) in [6.45, 7) is 4.69. The Bertz CT molecular complexity index is 96.2. The largest absolute Gasteiger partial charge is 0.0654 e. The fraction of sp³-hybridized carbons (Fsp3) is 1.00. The Morgan fingerprint density at radius 3 is 2.55 bits per heavy atom. The maximum absolute atomic E-state index is 2.40. The minimum Gasteiger partial charge on any atom is -0.0654 e. The molecule has 0 aliphatic heterocycles. The Morgan fingerprint density at radius 2 is 2.00 bits per heavy atom. The van der Waals surface area contributed by atoms with Crippen LogP contribution in [0.3, 0.4) is 0 Å². The van der Waals surface area contributed by atoms with Gasteiger partial charge in [-0.05, 0) is 18.3 Å². The molecule has 0 N–H and O–H groups in total. The fourth-order valence-electron chi connectivity index (χ4n) is 2.27. The van der Waals surface area contributed by atoms with Crippen LogP contribution in [0, 0.1) is 11.8 Å². The summed E-state index contributed by atoms with van der Waals surface area (Å²) in [6.07, 6.45) is 10.4. The van der Waals surface area contributed by atoms with Crippen molar-refractivity contribution in [1.29, 1.82) is 0 Å². The molecular formula is C11H22. The van der Waals surface area contributed by atoms with Gasteiger partial charge in [-0.25, -0.2) is 0 Å². The van der Waals surface area contributed by atoms with Crippen molar-refractivity contribution in [3.05, 3.63) is 0 Å². The zero-order valence-corrected chi connectivity index (χ0v) is 8.10. The lowest BCUT2D eigenvalue weighted by Gasteiger charge is -2.07. The predicted octanol–water partition coefficient (Wildman–Crippen LogP) is 4.00. The second-order valence-electron chi connectivity index (χ2n) is 4.28. The third-order valence-corrected chi connectivity index (χ3v) is 3.02. The highest BCUT2D eigenvalue weighted by atomic mass is 14.3. The van der Waals surface area contributed by atoms with E-state index in [2.05, 4.69) is 13.8 Å². The van der Waals surface area contributed by atoms with Crippen molar-refractivity contribution in [3.63, 3.8) is 0 Å². The molecule has 2 atom stereocenters. The van der Waals surface area contributed by atoms with Gasteiger partial charge in [0.1, 0.15) is 0 Å². The zero-order valence-electron chi connectivity index (χ0n) is 8.10. The van der Waals surface area contributed by atoms with E-state index in [1.165, 1.54) is 44.9 Å². The van der Waals surface area contributed by atoms with Crippen molar-refractivity contribution in [2.45, 2.75) is 58.8 Å². The molecule has 66 valence electrons. The van der Waals surface area contributed by atoms with Crippen LogP contribution in [0.4, 0.5) is 0 Å². The Morgan fingerprint density at radius 1 is 1.18 bits per heavy atom. The molecule has 1 aliphatic rings. The average Bonchev–Trinajstić information content (AvgIpc) is 2.37. The molecule has 0 bridgehead atoms. The van der Waals surface area contributed by atoms with Crippen molar-refractivity contribution in [3.8, 4) is 0 Å². The average molecular weight is 154 g/mol. The Labute approximate surface area is 71.4 Å². The third kappa shape index (κ3) is 3.27. The van der Waals surface area contributed by atoms with Gasteiger partial charge in [0.05, 0.1) is 0 Å². The van der Waals surface area contributed by atoms with Crippen molar-refractivity contribution in [2.75, 3.05) is 0 Å². The van der Waals surface area contributed by atoms with Gasteiger partial charge >= 0.3 is 0 Å². The lowest BCUT2D eigenvalue weighted by atomic mass is 9.99. The van der Waals surface area contributed by atoms with Gasteiger partial charge < -0.3 is 0 Å². The molecule has 0 aromatic rings. The van der Waals surface area contributed by atoms with Crippen LogP contribution >= 0.6 is 0 Å². The van der Waals surface area contributed by atoms with E-state index in [0.717, 1.165) is 11.8 Å². The molecule has 0 nitrogen and oxygen atoms in total. The predicted molar refractivity (Wildman–Crippen MR) is 50.6 cm³/mol. The molecule has 11 heavy (non-hydrogen) atoms. The topological polar surface area (TPSA) is 0 Å². The molecule has 0 aromatic heterocycles. The Kier molecular flexibility index (Phi) is 3.96. The van der Waals surface area contributed by atoms with Gasteiger partial charge in [-0.15, -0.1) is 0 Å². The number of hydrogen-bond acceptors (Lipinski definition) is 0. The minimum atomic E-state index is 1.03. The van der Waals surface area contributed by atoms with Gasteiger partial charge in [-0.1, -0.05) is 52.4 Å². The van der Waals surface area contributed by atoms with Gasteiger partial charge in [-0.3, -0.25) is 0 Å². The number of hydrogen-bond donors (Lipinski definition) is 0. The van der Waals surface area contributed by atoms with Crippen molar-refractivity contribution >= 4 is 0 Å². The van der Waals surface area contributed by atoms with Crippen LogP contribution in [0.15, 0.2) is 0 Å². The van der Waals surface area contributed by atoms with E-state index >= 15 is 0 Å². The molecule has 1 fully saturated rings. The van der Waals surface area contributed by atoms with Crippen molar-refractivity contribution in [1.82, 2.24) is 0 Å². The second-order valence-corrected chi connectivity index (χ2v) is 4.28. The van der Waals surface area contributed by atoms with Crippen LogP contribution in [0.25, 0.3) is 0 Å². The summed E-state index contributed by atoms with van der Waals surface area (Å²) >= 11 is 0. The molecule has 0 saturated heterocycles.